The second kappa shape index (κ2) is 9.69. The molecule has 5 rings (SSSR count). The number of nitrogens with zero attached hydrogens (tertiary/aromatic N) is 5. The molecule has 0 radical (unpaired) electrons. The second-order valence-electron chi connectivity index (χ2n) is 8.26. The van der Waals surface area contributed by atoms with Gasteiger partial charge in [-0.05, 0) is 43.2 Å². The zero-order valence-corrected chi connectivity index (χ0v) is 19.6. The van der Waals surface area contributed by atoms with E-state index in [2.05, 4.69) is 20.4 Å². The Hall–Kier alpha value is -3.65. The zero-order chi connectivity index (χ0) is 23.5. The minimum absolute atomic E-state index is 0.0247. The molecule has 0 atom stereocenters. The van der Waals surface area contributed by atoms with Gasteiger partial charge in [0.2, 0.25) is 5.91 Å². The third-order valence-electron chi connectivity index (χ3n) is 6.20. The molecular formula is C25H25ClN6O2. The fraction of sp³-hybridized carbons (Fsp3) is 0.280. The lowest BCUT2D eigenvalue weighted by Gasteiger charge is -2.32. The Labute approximate surface area is 202 Å². The van der Waals surface area contributed by atoms with Gasteiger partial charge in [0.25, 0.3) is 0 Å². The summed E-state index contributed by atoms with van der Waals surface area (Å²) >= 11 is 6.37. The van der Waals surface area contributed by atoms with Gasteiger partial charge in [0.05, 0.1) is 12.1 Å². The maximum absolute atomic E-state index is 12.8. The number of carbonyl (C=O) groups is 1. The van der Waals surface area contributed by atoms with Gasteiger partial charge in [-0.15, -0.1) is 15.3 Å². The van der Waals surface area contributed by atoms with Crippen molar-refractivity contribution in [2.24, 2.45) is 5.92 Å². The van der Waals surface area contributed by atoms with Crippen molar-refractivity contribution >= 4 is 29.0 Å². The number of carbonyl (C=O) groups excluding carboxylic acids is 1. The van der Waals surface area contributed by atoms with Gasteiger partial charge in [0.1, 0.15) is 11.6 Å². The first-order chi connectivity index (χ1) is 16.6. The van der Waals surface area contributed by atoms with Crippen LogP contribution >= 0.6 is 11.6 Å². The maximum Gasteiger partial charge on any atom is 0.223 e. The van der Waals surface area contributed by atoms with Crippen LogP contribution in [0.4, 0.5) is 5.82 Å². The number of amides is 1. The quantitative estimate of drug-likeness (QED) is 0.453. The van der Waals surface area contributed by atoms with Gasteiger partial charge in [0.15, 0.2) is 11.5 Å². The molecule has 1 amide bonds. The molecule has 1 saturated heterocycles. The van der Waals surface area contributed by atoms with Gasteiger partial charge in [-0.25, -0.2) is 0 Å². The summed E-state index contributed by atoms with van der Waals surface area (Å²) in [5.74, 6) is 2.27. The highest BCUT2D eigenvalue weighted by atomic mass is 35.5. The number of aromatic nitrogens is 4. The molecule has 1 aliphatic rings. The van der Waals surface area contributed by atoms with Crippen LogP contribution in [-0.4, -0.2) is 45.9 Å². The van der Waals surface area contributed by atoms with E-state index >= 15 is 0 Å². The van der Waals surface area contributed by atoms with Crippen LogP contribution < -0.4 is 15.0 Å². The molecule has 174 valence electrons. The van der Waals surface area contributed by atoms with Crippen molar-refractivity contribution in [3.8, 4) is 17.1 Å². The Balaban J connectivity index is 1.25. The number of ether oxygens (including phenoxy) is 1. The Morgan fingerprint density at radius 1 is 1.06 bits per heavy atom. The van der Waals surface area contributed by atoms with Crippen LogP contribution in [0.1, 0.15) is 18.4 Å². The fourth-order valence-corrected chi connectivity index (χ4v) is 4.53. The van der Waals surface area contributed by atoms with Crippen LogP contribution in [0.5, 0.6) is 5.75 Å². The number of benzene rings is 2. The first-order valence-corrected chi connectivity index (χ1v) is 11.6. The van der Waals surface area contributed by atoms with Crippen molar-refractivity contribution in [1.82, 2.24) is 25.1 Å². The molecule has 2 aromatic heterocycles. The van der Waals surface area contributed by atoms with E-state index in [1.54, 1.807) is 11.6 Å². The van der Waals surface area contributed by atoms with Crippen LogP contribution in [0.2, 0.25) is 5.02 Å². The summed E-state index contributed by atoms with van der Waals surface area (Å²) in [6, 6.07) is 19.1. The molecular weight excluding hydrogens is 452 g/mol. The monoisotopic (exact) mass is 476 g/mol. The Kier molecular flexibility index (Phi) is 6.31. The molecule has 1 fully saturated rings. The molecule has 0 saturated carbocycles. The third-order valence-corrected chi connectivity index (χ3v) is 6.53. The van der Waals surface area contributed by atoms with E-state index in [4.69, 9.17) is 21.4 Å². The zero-order valence-electron chi connectivity index (χ0n) is 18.8. The number of anilines is 1. The van der Waals surface area contributed by atoms with E-state index in [9.17, 15) is 4.79 Å². The normalized spacial score (nSPS) is 14.4. The largest absolute Gasteiger partial charge is 0.496 e. The highest BCUT2D eigenvalue weighted by molar-refractivity contribution is 6.33. The summed E-state index contributed by atoms with van der Waals surface area (Å²) in [6.45, 7) is 1.95. The summed E-state index contributed by atoms with van der Waals surface area (Å²) in [7, 11) is 1.64. The average Bonchev–Trinajstić information content (AvgIpc) is 3.31. The van der Waals surface area contributed by atoms with E-state index in [0.717, 1.165) is 48.6 Å². The number of methoxy groups -OCH3 is 1. The number of piperidine rings is 1. The van der Waals surface area contributed by atoms with Gasteiger partial charge in [-0.3, -0.25) is 4.79 Å². The number of para-hydroxylation sites is 1. The van der Waals surface area contributed by atoms with Crippen LogP contribution in [-0.2, 0) is 11.3 Å². The molecule has 0 aliphatic carbocycles. The summed E-state index contributed by atoms with van der Waals surface area (Å²) in [6.07, 6.45) is 1.52. The lowest BCUT2D eigenvalue weighted by Crippen LogP contribution is -2.40. The van der Waals surface area contributed by atoms with Crippen LogP contribution in [0.15, 0.2) is 60.7 Å². The number of hydrogen-bond donors (Lipinski definition) is 1. The van der Waals surface area contributed by atoms with Gasteiger partial charge in [-0.1, -0.05) is 41.9 Å². The third kappa shape index (κ3) is 4.41. The number of rotatable bonds is 6. The lowest BCUT2D eigenvalue weighted by atomic mass is 9.96. The van der Waals surface area contributed by atoms with E-state index in [0.29, 0.717) is 23.0 Å². The van der Waals surface area contributed by atoms with E-state index < -0.39 is 0 Å². The van der Waals surface area contributed by atoms with Gasteiger partial charge >= 0.3 is 0 Å². The molecule has 2 aromatic carbocycles. The van der Waals surface area contributed by atoms with Crippen molar-refractivity contribution in [3.63, 3.8) is 0 Å². The number of hydrogen-bond acceptors (Lipinski definition) is 6. The topological polar surface area (TPSA) is 84.6 Å². The van der Waals surface area contributed by atoms with E-state index in [1.807, 2.05) is 60.7 Å². The molecule has 0 bridgehead atoms. The number of fused-ring (bicyclic) bond motifs is 1. The molecule has 9 heteroatoms. The molecule has 3 heterocycles. The van der Waals surface area contributed by atoms with Crippen molar-refractivity contribution in [2.75, 3.05) is 25.1 Å². The predicted octanol–water partition coefficient (Wildman–Crippen LogP) is 3.99. The molecule has 8 nitrogen and oxygen atoms in total. The Bertz CT molecular complexity index is 1320. The minimum Gasteiger partial charge on any atom is -0.496 e. The molecule has 0 spiro atoms. The molecule has 4 aromatic rings. The molecule has 34 heavy (non-hydrogen) atoms. The minimum atomic E-state index is -0.0247. The predicted molar refractivity (Wildman–Crippen MR) is 131 cm³/mol. The fourth-order valence-electron chi connectivity index (χ4n) is 4.30. The standard InChI is InChI=1S/C25H25ClN6O2/c1-34-21-9-5-2-6-18(21)16-27-25(33)17-12-14-31(15-13-17)23-11-10-22-28-29-24(32(22)30-23)19-7-3-4-8-20(19)26/h2-11,17H,12-16H2,1H3,(H,27,33). The van der Waals surface area contributed by atoms with Gasteiger partial charge in [-0.2, -0.15) is 4.52 Å². The number of halogens is 1. The first-order valence-electron chi connectivity index (χ1n) is 11.3. The summed E-state index contributed by atoms with van der Waals surface area (Å²) in [4.78, 5) is 15.0. The molecule has 1 N–H and O–H groups in total. The van der Waals surface area contributed by atoms with Crippen molar-refractivity contribution in [2.45, 2.75) is 19.4 Å². The van der Waals surface area contributed by atoms with Crippen LogP contribution in [0.3, 0.4) is 0 Å². The van der Waals surface area contributed by atoms with E-state index in [1.165, 1.54) is 0 Å². The average molecular weight is 477 g/mol. The van der Waals surface area contributed by atoms with Crippen molar-refractivity contribution < 1.29 is 9.53 Å². The second-order valence-corrected chi connectivity index (χ2v) is 8.66. The maximum atomic E-state index is 12.8. The molecule has 1 aliphatic heterocycles. The van der Waals surface area contributed by atoms with Crippen LogP contribution in [0, 0.1) is 5.92 Å². The summed E-state index contributed by atoms with van der Waals surface area (Å²) < 4.78 is 7.10. The van der Waals surface area contributed by atoms with Crippen molar-refractivity contribution in [3.05, 3.63) is 71.2 Å². The SMILES string of the molecule is COc1ccccc1CNC(=O)C1CCN(c2ccc3nnc(-c4ccccc4Cl)n3n2)CC1. The smallest absolute Gasteiger partial charge is 0.223 e. The van der Waals surface area contributed by atoms with Gasteiger partial charge in [0, 0.05) is 36.7 Å². The van der Waals surface area contributed by atoms with Gasteiger partial charge < -0.3 is 15.0 Å². The first kappa shape index (κ1) is 22.2. The van der Waals surface area contributed by atoms with E-state index in [-0.39, 0.29) is 11.8 Å². The number of nitrogens with one attached hydrogen (secondary N) is 1. The highest BCUT2D eigenvalue weighted by Crippen LogP contribution is 2.28. The summed E-state index contributed by atoms with van der Waals surface area (Å²) in [5.41, 5.74) is 2.41. The highest BCUT2D eigenvalue weighted by Gasteiger charge is 2.26. The Morgan fingerprint density at radius 3 is 2.62 bits per heavy atom. The van der Waals surface area contributed by atoms with Crippen molar-refractivity contribution in [1.29, 1.82) is 0 Å². The van der Waals surface area contributed by atoms with Crippen LogP contribution in [0.25, 0.3) is 17.0 Å². The Morgan fingerprint density at radius 2 is 1.82 bits per heavy atom. The summed E-state index contributed by atoms with van der Waals surface area (Å²) in [5, 5.41) is 17.0. The molecule has 0 unspecified atom stereocenters. The lowest BCUT2D eigenvalue weighted by molar-refractivity contribution is -0.125.